The van der Waals surface area contributed by atoms with Gasteiger partial charge in [0, 0.05) is 12.7 Å². The lowest BCUT2D eigenvalue weighted by Crippen LogP contribution is -2.10. The maximum absolute atomic E-state index is 4.75. The van der Waals surface area contributed by atoms with Crippen LogP contribution >= 0.6 is 24.0 Å². The molecule has 0 aliphatic heterocycles. The first kappa shape index (κ1) is 14.0. The Labute approximate surface area is 138 Å². The average Bonchev–Trinajstić information content (AvgIpc) is 3.04. The van der Waals surface area contributed by atoms with Gasteiger partial charge in [0.1, 0.15) is 5.25 Å². The first-order valence-corrected chi connectivity index (χ1v) is 8.78. The lowest BCUT2D eigenvalue weighted by Gasteiger charge is -2.13. The van der Waals surface area contributed by atoms with Gasteiger partial charge >= 0.3 is 0 Å². The van der Waals surface area contributed by atoms with Gasteiger partial charge in [-0.1, -0.05) is 12.1 Å². The van der Waals surface area contributed by atoms with Crippen LogP contribution in [0.25, 0.3) is 10.7 Å². The summed E-state index contributed by atoms with van der Waals surface area (Å²) in [6.07, 6.45) is 4.38. The second kappa shape index (κ2) is 5.85. The van der Waals surface area contributed by atoms with Crippen LogP contribution in [0.4, 0.5) is 0 Å². The Morgan fingerprint density at radius 2 is 2.14 bits per heavy atom. The number of rotatable bonds is 5. The molecule has 1 aliphatic rings. The molecule has 1 fully saturated rings. The summed E-state index contributed by atoms with van der Waals surface area (Å²) in [6.45, 7) is 0.972. The Balaban J connectivity index is 1.75. The third kappa shape index (κ3) is 2.68. The van der Waals surface area contributed by atoms with E-state index in [2.05, 4.69) is 31.2 Å². The van der Waals surface area contributed by atoms with Gasteiger partial charge in [0.05, 0.1) is 10.6 Å². The number of aromatic nitrogens is 4. The van der Waals surface area contributed by atoms with E-state index in [1.165, 1.54) is 12.8 Å². The highest BCUT2D eigenvalue weighted by atomic mass is 32.1. The first-order chi connectivity index (χ1) is 10.8. The summed E-state index contributed by atoms with van der Waals surface area (Å²) >= 11 is 6.44. The molecule has 4 nitrogen and oxygen atoms in total. The van der Waals surface area contributed by atoms with Crippen molar-refractivity contribution in [3.05, 3.63) is 53.4 Å². The highest BCUT2D eigenvalue weighted by molar-refractivity contribution is 7.80. The summed E-state index contributed by atoms with van der Waals surface area (Å²) in [4.78, 5) is 5.56. The number of hydrogen-bond acceptors (Lipinski definition) is 5. The maximum Gasteiger partial charge on any atom is 0.174 e. The summed E-state index contributed by atoms with van der Waals surface area (Å²) in [7, 11) is 0. The van der Waals surface area contributed by atoms with E-state index in [0.717, 1.165) is 34.7 Å². The smallest absolute Gasteiger partial charge is 0.174 e. The SMILES string of the molecule is SC(c1ccccn1)c1nnc(-c2cccs2)n1CC1CC1. The molecular formula is C16H16N4S2. The third-order valence-electron chi connectivity index (χ3n) is 3.87. The minimum absolute atomic E-state index is 0.152. The molecule has 3 aromatic rings. The van der Waals surface area contributed by atoms with Gasteiger partial charge in [-0.2, -0.15) is 12.6 Å². The molecule has 6 heteroatoms. The predicted octanol–water partition coefficient (Wildman–Crippen LogP) is 3.83. The Bertz CT molecular complexity index is 748. The number of hydrogen-bond donors (Lipinski definition) is 1. The summed E-state index contributed by atoms with van der Waals surface area (Å²) in [5.41, 5.74) is 0.910. The molecule has 0 spiro atoms. The van der Waals surface area contributed by atoms with Gasteiger partial charge in [-0.3, -0.25) is 4.98 Å². The van der Waals surface area contributed by atoms with E-state index in [9.17, 15) is 0 Å². The molecule has 0 amide bonds. The van der Waals surface area contributed by atoms with Crippen molar-refractivity contribution in [3.8, 4) is 10.7 Å². The van der Waals surface area contributed by atoms with Gasteiger partial charge in [-0.15, -0.1) is 21.5 Å². The number of thiophene rings is 1. The van der Waals surface area contributed by atoms with E-state index >= 15 is 0 Å². The standard InChI is InChI=1S/C16H16N4S2/c21-14(12-4-1-2-8-17-12)16-19-18-15(13-5-3-9-22-13)20(16)10-11-6-7-11/h1-5,8-9,11,14,21H,6-7,10H2. The van der Waals surface area contributed by atoms with Gasteiger partial charge < -0.3 is 4.57 Å². The van der Waals surface area contributed by atoms with E-state index in [4.69, 9.17) is 12.6 Å². The van der Waals surface area contributed by atoms with Crippen molar-refractivity contribution < 1.29 is 0 Å². The molecule has 0 bridgehead atoms. The van der Waals surface area contributed by atoms with Crippen molar-refractivity contribution >= 4 is 24.0 Å². The van der Waals surface area contributed by atoms with Crippen molar-refractivity contribution in [1.29, 1.82) is 0 Å². The van der Waals surface area contributed by atoms with Crippen LogP contribution in [0.3, 0.4) is 0 Å². The lowest BCUT2D eigenvalue weighted by molar-refractivity contribution is 0.604. The molecule has 0 saturated heterocycles. The van der Waals surface area contributed by atoms with Crippen LogP contribution in [0.2, 0.25) is 0 Å². The van der Waals surface area contributed by atoms with Crippen LogP contribution in [-0.4, -0.2) is 19.7 Å². The highest BCUT2D eigenvalue weighted by Gasteiger charge is 2.28. The molecular weight excluding hydrogens is 312 g/mol. The zero-order valence-electron chi connectivity index (χ0n) is 12.0. The lowest BCUT2D eigenvalue weighted by atomic mass is 10.2. The van der Waals surface area contributed by atoms with Crippen LogP contribution < -0.4 is 0 Å². The Kier molecular flexibility index (Phi) is 3.72. The van der Waals surface area contributed by atoms with Gasteiger partial charge in [0.25, 0.3) is 0 Å². The fourth-order valence-electron chi connectivity index (χ4n) is 2.51. The molecule has 1 atom stereocenters. The molecule has 22 heavy (non-hydrogen) atoms. The van der Waals surface area contributed by atoms with Crippen LogP contribution in [0.5, 0.6) is 0 Å². The fourth-order valence-corrected chi connectivity index (χ4v) is 3.58. The zero-order chi connectivity index (χ0) is 14.9. The molecule has 0 N–H and O–H groups in total. The van der Waals surface area contributed by atoms with Crippen LogP contribution in [0.15, 0.2) is 41.9 Å². The molecule has 4 rings (SSSR count). The molecule has 0 radical (unpaired) electrons. The zero-order valence-corrected chi connectivity index (χ0v) is 13.7. The van der Waals surface area contributed by atoms with Crippen LogP contribution in [0.1, 0.15) is 29.6 Å². The average molecular weight is 328 g/mol. The largest absolute Gasteiger partial charge is 0.309 e. The third-order valence-corrected chi connectivity index (χ3v) is 5.23. The van der Waals surface area contributed by atoms with Gasteiger partial charge in [0.2, 0.25) is 0 Å². The molecule has 3 heterocycles. The fraction of sp³-hybridized carbons (Fsp3) is 0.312. The molecule has 0 aromatic carbocycles. The van der Waals surface area contributed by atoms with E-state index in [1.807, 2.05) is 24.3 Å². The minimum atomic E-state index is -0.152. The Morgan fingerprint density at radius 3 is 2.82 bits per heavy atom. The minimum Gasteiger partial charge on any atom is -0.309 e. The molecule has 112 valence electrons. The molecule has 1 aliphatic carbocycles. The van der Waals surface area contributed by atoms with Crippen molar-refractivity contribution in [3.63, 3.8) is 0 Å². The summed E-state index contributed by atoms with van der Waals surface area (Å²) < 4.78 is 2.23. The van der Waals surface area contributed by atoms with E-state index < -0.39 is 0 Å². The Hall–Kier alpha value is -1.66. The van der Waals surface area contributed by atoms with Crippen molar-refractivity contribution in [2.24, 2.45) is 5.92 Å². The van der Waals surface area contributed by atoms with Gasteiger partial charge in [0.15, 0.2) is 11.6 Å². The van der Waals surface area contributed by atoms with E-state index in [1.54, 1.807) is 17.5 Å². The summed E-state index contributed by atoms with van der Waals surface area (Å²) in [5.74, 6) is 2.59. The van der Waals surface area contributed by atoms with Crippen LogP contribution in [-0.2, 0) is 6.54 Å². The normalized spacial score (nSPS) is 15.9. The van der Waals surface area contributed by atoms with Crippen molar-refractivity contribution in [2.45, 2.75) is 24.6 Å². The first-order valence-electron chi connectivity index (χ1n) is 7.39. The van der Waals surface area contributed by atoms with Gasteiger partial charge in [-0.25, -0.2) is 0 Å². The topological polar surface area (TPSA) is 43.6 Å². The van der Waals surface area contributed by atoms with E-state index in [0.29, 0.717) is 0 Å². The second-order valence-electron chi connectivity index (χ2n) is 5.57. The Morgan fingerprint density at radius 1 is 1.23 bits per heavy atom. The number of pyridine rings is 1. The highest BCUT2D eigenvalue weighted by Crippen LogP contribution is 2.36. The monoisotopic (exact) mass is 328 g/mol. The maximum atomic E-state index is 4.75. The number of nitrogens with zero attached hydrogens (tertiary/aromatic N) is 4. The van der Waals surface area contributed by atoms with Crippen molar-refractivity contribution in [1.82, 2.24) is 19.7 Å². The van der Waals surface area contributed by atoms with Gasteiger partial charge in [-0.05, 0) is 42.3 Å². The van der Waals surface area contributed by atoms with Crippen molar-refractivity contribution in [2.75, 3.05) is 0 Å². The van der Waals surface area contributed by atoms with E-state index in [-0.39, 0.29) is 5.25 Å². The van der Waals surface area contributed by atoms with Crippen LogP contribution in [0, 0.1) is 5.92 Å². The molecule has 1 unspecified atom stereocenters. The number of thiol groups is 1. The quantitative estimate of drug-likeness (QED) is 0.724. The molecule has 3 aromatic heterocycles. The summed E-state index contributed by atoms with van der Waals surface area (Å²) in [6, 6.07) is 10.0. The second-order valence-corrected chi connectivity index (χ2v) is 7.03. The predicted molar refractivity (Wildman–Crippen MR) is 91.1 cm³/mol. The molecule has 1 saturated carbocycles. The summed E-state index contributed by atoms with van der Waals surface area (Å²) in [5, 5.41) is 10.8.